The van der Waals surface area contributed by atoms with Gasteiger partial charge in [0.05, 0.1) is 0 Å². The van der Waals surface area contributed by atoms with Gasteiger partial charge >= 0.3 is 0 Å². The lowest BCUT2D eigenvalue weighted by molar-refractivity contribution is -0.305. The van der Waals surface area contributed by atoms with Crippen LogP contribution in [0.25, 0.3) is 0 Å². The van der Waals surface area contributed by atoms with Gasteiger partial charge in [-0.2, -0.15) is 12.6 Å². The monoisotopic (exact) mass is 203 g/mol. The number of rotatable bonds is 8. The topological polar surface area (TPSA) is 40.1 Å². The van der Waals surface area contributed by atoms with Crippen molar-refractivity contribution in [2.75, 3.05) is 0 Å². The first-order valence-corrected chi connectivity index (χ1v) is 5.56. The van der Waals surface area contributed by atoms with Crippen molar-refractivity contribution in [2.24, 2.45) is 0 Å². The average molecular weight is 203 g/mol. The molecule has 0 bridgehead atoms. The number of carboxylic acid groups (broad SMARTS) is 1. The predicted octanol–water partition coefficient (Wildman–Crippen LogP) is 1.79. The third-order valence-corrected chi connectivity index (χ3v) is 2.58. The predicted molar refractivity (Wildman–Crippen MR) is 55.8 cm³/mol. The Morgan fingerprint density at radius 3 is 2.46 bits per heavy atom. The highest BCUT2D eigenvalue weighted by Gasteiger charge is 2.01. The first-order valence-electron chi connectivity index (χ1n) is 5.04. The Labute approximate surface area is 86.1 Å². The minimum absolute atomic E-state index is 0.171. The van der Waals surface area contributed by atoms with E-state index in [4.69, 9.17) is 0 Å². The van der Waals surface area contributed by atoms with E-state index in [1.807, 2.05) is 0 Å². The summed E-state index contributed by atoms with van der Waals surface area (Å²) in [5.74, 6) is -0.950. The highest BCUT2D eigenvalue weighted by Crippen LogP contribution is 2.14. The van der Waals surface area contributed by atoms with Crippen LogP contribution in [0.2, 0.25) is 0 Å². The maximum atomic E-state index is 10.1. The van der Waals surface area contributed by atoms with Crippen LogP contribution in [0.5, 0.6) is 0 Å². The molecule has 0 aliphatic rings. The fourth-order valence-corrected chi connectivity index (χ4v) is 1.62. The smallest absolute Gasteiger partial charge is 0.0414 e. The summed E-state index contributed by atoms with van der Waals surface area (Å²) in [6, 6.07) is 0. The summed E-state index contributed by atoms with van der Waals surface area (Å²) in [5, 5.41) is 10.5. The van der Waals surface area contributed by atoms with Crippen LogP contribution in [0, 0.1) is 0 Å². The lowest BCUT2D eigenvalue weighted by atomic mass is 10.1. The van der Waals surface area contributed by atoms with Crippen LogP contribution in [-0.4, -0.2) is 11.2 Å². The van der Waals surface area contributed by atoms with E-state index in [1.165, 1.54) is 19.3 Å². The van der Waals surface area contributed by atoms with E-state index in [1.54, 1.807) is 0 Å². The van der Waals surface area contributed by atoms with Gasteiger partial charge in [0.2, 0.25) is 0 Å². The zero-order chi connectivity index (χ0) is 10.1. The summed E-state index contributed by atoms with van der Waals surface area (Å²) in [6.07, 6.45) is 6.53. The number of unbranched alkanes of at least 4 members (excludes halogenated alkanes) is 2. The molecule has 0 heterocycles. The number of thiol groups is 1. The Balaban J connectivity index is 3.19. The third-order valence-electron chi connectivity index (χ3n) is 2.06. The van der Waals surface area contributed by atoms with Crippen LogP contribution in [0.15, 0.2) is 0 Å². The molecule has 0 aromatic rings. The highest BCUT2D eigenvalue weighted by molar-refractivity contribution is 7.80. The molecule has 0 aromatic heterocycles. The van der Waals surface area contributed by atoms with Crippen LogP contribution < -0.4 is 5.11 Å². The van der Waals surface area contributed by atoms with Crippen LogP contribution in [0.3, 0.4) is 0 Å². The van der Waals surface area contributed by atoms with Gasteiger partial charge in [0.25, 0.3) is 0 Å². The van der Waals surface area contributed by atoms with Crippen molar-refractivity contribution in [3.8, 4) is 0 Å². The number of hydrogen-bond donors (Lipinski definition) is 1. The first-order chi connectivity index (χ1) is 6.16. The van der Waals surface area contributed by atoms with Crippen molar-refractivity contribution in [1.82, 2.24) is 0 Å². The molecule has 0 rings (SSSR count). The number of carbonyl (C=O) groups excluding carboxylic acids is 1. The van der Waals surface area contributed by atoms with Crippen molar-refractivity contribution in [2.45, 2.75) is 57.1 Å². The molecule has 0 saturated heterocycles. The molecular formula is C10H19O2S-. The van der Waals surface area contributed by atoms with Crippen molar-refractivity contribution in [3.05, 3.63) is 0 Å². The summed E-state index contributed by atoms with van der Waals surface area (Å²) < 4.78 is 0. The molecule has 0 aliphatic carbocycles. The van der Waals surface area contributed by atoms with Gasteiger partial charge < -0.3 is 9.90 Å². The fourth-order valence-electron chi connectivity index (χ4n) is 1.26. The number of aliphatic carboxylic acids is 1. The molecule has 0 amide bonds. The SMILES string of the molecule is CCCCCC(S)CCCC(=O)[O-]. The lowest BCUT2D eigenvalue weighted by Crippen LogP contribution is -2.21. The van der Waals surface area contributed by atoms with Crippen LogP contribution >= 0.6 is 12.6 Å². The van der Waals surface area contributed by atoms with Gasteiger partial charge in [-0.15, -0.1) is 0 Å². The van der Waals surface area contributed by atoms with Crippen LogP contribution in [-0.2, 0) is 4.79 Å². The average Bonchev–Trinajstić information content (AvgIpc) is 2.04. The Hall–Kier alpha value is -0.180. The van der Waals surface area contributed by atoms with E-state index in [0.717, 1.165) is 12.8 Å². The zero-order valence-corrected chi connectivity index (χ0v) is 9.19. The molecule has 0 aromatic carbocycles. The van der Waals surface area contributed by atoms with Gasteiger partial charge in [0.1, 0.15) is 0 Å². The molecule has 0 radical (unpaired) electrons. The zero-order valence-electron chi connectivity index (χ0n) is 8.29. The van der Waals surface area contributed by atoms with Gasteiger partial charge in [0, 0.05) is 11.2 Å². The largest absolute Gasteiger partial charge is 0.550 e. The second kappa shape index (κ2) is 8.42. The van der Waals surface area contributed by atoms with E-state index in [0.29, 0.717) is 11.7 Å². The van der Waals surface area contributed by atoms with Gasteiger partial charge in [-0.3, -0.25) is 0 Å². The molecule has 13 heavy (non-hydrogen) atoms. The van der Waals surface area contributed by atoms with E-state index in [-0.39, 0.29) is 6.42 Å². The summed E-state index contributed by atoms with van der Waals surface area (Å²) in [6.45, 7) is 2.17. The maximum Gasteiger partial charge on any atom is 0.0414 e. The minimum Gasteiger partial charge on any atom is -0.550 e. The molecule has 3 heteroatoms. The summed E-state index contributed by atoms with van der Waals surface area (Å²) >= 11 is 4.39. The Morgan fingerprint density at radius 2 is 1.92 bits per heavy atom. The quantitative estimate of drug-likeness (QED) is 0.482. The molecule has 1 atom stereocenters. The second-order valence-corrected chi connectivity index (χ2v) is 4.14. The summed E-state index contributed by atoms with van der Waals surface area (Å²) in [7, 11) is 0. The van der Waals surface area contributed by atoms with Crippen molar-refractivity contribution >= 4 is 18.6 Å². The molecular weight excluding hydrogens is 184 g/mol. The molecule has 0 fully saturated rings. The Kier molecular flexibility index (Phi) is 8.30. The van der Waals surface area contributed by atoms with E-state index in [2.05, 4.69) is 19.6 Å². The molecule has 1 unspecified atom stereocenters. The number of carboxylic acids is 1. The summed E-state index contributed by atoms with van der Waals surface area (Å²) in [4.78, 5) is 10.1. The van der Waals surface area contributed by atoms with E-state index in [9.17, 15) is 9.90 Å². The van der Waals surface area contributed by atoms with Crippen molar-refractivity contribution in [1.29, 1.82) is 0 Å². The Bertz CT molecular complexity index is 137. The van der Waals surface area contributed by atoms with Gasteiger partial charge in [0.15, 0.2) is 0 Å². The van der Waals surface area contributed by atoms with E-state index >= 15 is 0 Å². The first kappa shape index (κ1) is 12.8. The normalized spacial score (nSPS) is 12.8. The number of hydrogen-bond acceptors (Lipinski definition) is 3. The maximum absolute atomic E-state index is 10.1. The molecule has 78 valence electrons. The molecule has 0 saturated carbocycles. The van der Waals surface area contributed by atoms with Crippen LogP contribution in [0.1, 0.15) is 51.9 Å². The van der Waals surface area contributed by atoms with Crippen molar-refractivity contribution < 1.29 is 9.90 Å². The lowest BCUT2D eigenvalue weighted by Gasteiger charge is -2.09. The highest BCUT2D eigenvalue weighted by atomic mass is 32.1. The molecule has 0 aliphatic heterocycles. The second-order valence-electron chi connectivity index (χ2n) is 3.41. The Morgan fingerprint density at radius 1 is 1.31 bits per heavy atom. The van der Waals surface area contributed by atoms with E-state index < -0.39 is 5.97 Å². The van der Waals surface area contributed by atoms with Crippen LogP contribution in [0.4, 0.5) is 0 Å². The van der Waals surface area contributed by atoms with Gasteiger partial charge in [-0.1, -0.05) is 26.2 Å². The number of carbonyl (C=O) groups is 1. The standard InChI is InChI=1S/C10H20O2S/c1-2-3-4-6-9(13)7-5-8-10(11)12/h9,13H,2-8H2,1H3,(H,11,12)/p-1. The molecule has 0 spiro atoms. The molecule has 0 N–H and O–H groups in total. The third kappa shape index (κ3) is 9.74. The fraction of sp³-hybridized carbons (Fsp3) is 0.900. The van der Waals surface area contributed by atoms with Gasteiger partial charge in [-0.05, 0) is 25.7 Å². The van der Waals surface area contributed by atoms with Crippen molar-refractivity contribution in [3.63, 3.8) is 0 Å². The minimum atomic E-state index is -0.950. The summed E-state index contributed by atoms with van der Waals surface area (Å²) in [5.41, 5.74) is 0. The molecule has 2 nitrogen and oxygen atoms in total. The van der Waals surface area contributed by atoms with Gasteiger partial charge in [-0.25, -0.2) is 0 Å².